The van der Waals surface area contributed by atoms with E-state index in [2.05, 4.69) is 10.6 Å². The highest BCUT2D eigenvalue weighted by atomic mass is 32.2. The van der Waals surface area contributed by atoms with Crippen molar-refractivity contribution in [2.75, 3.05) is 10.2 Å². The molecule has 0 saturated carbocycles. The monoisotopic (exact) mass is 641 g/mol. The molecule has 0 fully saturated rings. The van der Waals surface area contributed by atoms with Crippen LogP contribution in [0.1, 0.15) is 29.3 Å². The van der Waals surface area contributed by atoms with Crippen LogP contribution in [0.4, 0.5) is 17.1 Å². The lowest BCUT2D eigenvalue weighted by atomic mass is 10.1. The van der Waals surface area contributed by atoms with E-state index in [1.807, 2.05) is 109 Å². The average Bonchev–Trinajstić information content (AvgIpc) is 3.10. The summed E-state index contributed by atoms with van der Waals surface area (Å²) in [6, 6.07) is 41.5. The minimum atomic E-state index is -0.449. The molecule has 1 heterocycles. The molecule has 5 aromatic rings. The number of carbonyl (C=O) groups excluding carboxylic acids is 3. The van der Waals surface area contributed by atoms with Gasteiger partial charge in [0.2, 0.25) is 5.91 Å². The fraction of sp³-hybridized carbons (Fsp3) is 0.0789. The Morgan fingerprint density at radius 2 is 1.30 bits per heavy atom. The SMILES string of the molecule is CCC(Sc1ccc(NC(=O)/C(=C/c2ccccc2)NC(=O)c2ccccc2)cc1)C(=O)N1c2ccccc2Sc2ccccc21. The van der Waals surface area contributed by atoms with Gasteiger partial charge < -0.3 is 10.6 Å². The quantitative estimate of drug-likeness (QED) is 0.124. The molecule has 1 unspecified atom stereocenters. The Hall–Kier alpha value is -5.05. The third kappa shape index (κ3) is 7.09. The van der Waals surface area contributed by atoms with Crippen molar-refractivity contribution in [2.45, 2.75) is 33.3 Å². The zero-order chi connectivity index (χ0) is 31.9. The lowest BCUT2D eigenvalue weighted by Gasteiger charge is -2.33. The first-order chi connectivity index (χ1) is 22.5. The number of thioether (sulfide) groups is 1. The number of hydrogen-bond acceptors (Lipinski definition) is 5. The van der Waals surface area contributed by atoms with Gasteiger partial charge in [-0.3, -0.25) is 19.3 Å². The van der Waals surface area contributed by atoms with E-state index in [-0.39, 0.29) is 22.8 Å². The van der Waals surface area contributed by atoms with E-state index in [1.165, 1.54) is 11.8 Å². The number of carbonyl (C=O) groups is 3. The van der Waals surface area contributed by atoms with E-state index in [0.717, 1.165) is 31.6 Å². The Morgan fingerprint density at radius 3 is 1.91 bits per heavy atom. The van der Waals surface area contributed by atoms with Gasteiger partial charge in [0.1, 0.15) is 5.70 Å². The summed E-state index contributed by atoms with van der Waals surface area (Å²) in [6.45, 7) is 2.02. The van der Waals surface area contributed by atoms with Crippen LogP contribution in [-0.2, 0) is 9.59 Å². The van der Waals surface area contributed by atoms with Crippen molar-refractivity contribution in [3.8, 4) is 0 Å². The van der Waals surface area contributed by atoms with Crippen molar-refractivity contribution in [1.82, 2.24) is 5.32 Å². The fourth-order valence-electron chi connectivity index (χ4n) is 5.03. The minimum Gasteiger partial charge on any atom is -0.321 e. The molecule has 8 heteroatoms. The molecule has 3 amide bonds. The molecule has 2 N–H and O–H groups in total. The molecule has 1 atom stereocenters. The summed E-state index contributed by atoms with van der Waals surface area (Å²) < 4.78 is 0. The van der Waals surface area contributed by atoms with Gasteiger partial charge in [-0.1, -0.05) is 91.5 Å². The molecule has 0 spiro atoms. The van der Waals surface area contributed by atoms with E-state index in [1.54, 1.807) is 54.2 Å². The molecule has 0 bridgehead atoms. The molecule has 6 rings (SSSR count). The maximum Gasteiger partial charge on any atom is 0.272 e. The summed E-state index contributed by atoms with van der Waals surface area (Å²) in [6.07, 6.45) is 2.29. The summed E-state index contributed by atoms with van der Waals surface area (Å²) in [5, 5.41) is 5.35. The average molecular weight is 642 g/mol. The molecule has 5 aromatic carbocycles. The first-order valence-corrected chi connectivity index (χ1v) is 16.6. The van der Waals surface area contributed by atoms with E-state index < -0.39 is 5.91 Å². The van der Waals surface area contributed by atoms with Gasteiger partial charge in [0.05, 0.1) is 16.6 Å². The molecular weight excluding hydrogens is 611 g/mol. The Bertz CT molecular complexity index is 1850. The van der Waals surface area contributed by atoms with Gasteiger partial charge in [-0.15, -0.1) is 11.8 Å². The normalized spacial score (nSPS) is 12.8. The van der Waals surface area contributed by atoms with Crippen molar-refractivity contribution in [1.29, 1.82) is 0 Å². The predicted octanol–water partition coefficient (Wildman–Crippen LogP) is 8.80. The van der Waals surface area contributed by atoms with E-state index in [0.29, 0.717) is 17.7 Å². The Morgan fingerprint density at radius 1 is 0.739 bits per heavy atom. The van der Waals surface area contributed by atoms with Crippen molar-refractivity contribution < 1.29 is 14.4 Å². The second-order valence-electron chi connectivity index (χ2n) is 10.5. The van der Waals surface area contributed by atoms with Crippen molar-refractivity contribution in [3.05, 3.63) is 150 Å². The molecule has 6 nitrogen and oxygen atoms in total. The zero-order valence-electron chi connectivity index (χ0n) is 25.1. The number of benzene rings is 5. The maximum atomic E-state index is 14.1. The molecule has 0 aliphatic carbocycles. The predicted molar refractivity (Wildman–Crippen MR) is 187 cm³/mol. The lowest BCUT2D eigenvalue weighted by Crippen LogP contribution is -2.35. The van der Waals surface area contributed by atoms with Crippen LogP contribution in [0.15, 0.2) is 154 Å². The number of nitrogens with one attached hydrogen (secondary N) is 2. The minimum absolute atomic E-state index is 0.0231. The summed E-state index contributed by atoms with van der Waals surface area (Å²) in [5.41, 5.74) is 3.71. The summed E-state index contributed by atoms with van der Waals surface area (Å²) >= 11 is 3.18. The molecule has 1 aliphatic rings. The van der Waals surface area contributed by atoms with Crippen LogP contribution in [0.5, 0.6) is 0 Å². The number of fused-ring (bicyclic) bond motifs is 2. The Balaban J connectivity index is 1.17. The Kier molecular flexibility index (Phi) is 9.67. The highest BCUT2D eigenvalue weighted by Crippen LogP contribution is 2.48. The summed E-state index contributed by atoms with van der Waals surface area (Å²) in [5.74, 6) is -0.803. The largest absolute Gasteiger partial charge is 0.321 e. The third-order valence-corrected chi connectivity index (χ3v) is 9.82. The fourth-order valence-corrected chi connectivity index (χ4v) is 7.08. The first kappa shape index (κ1) is 31.0. The molecule has 0 aromatic heterocycles. The van der Waals surface area contributed by atoms with E-state index >= 15 is 0 Å². The molecule has 228 valence electrons. The number of anilines is 3. The van der Waals surface area contributed by atoms with E-state index in [9.17, 15) is 14.4 Å². The standard InChI is InChI=1S/C38H31N3O3S2/c1-2-33(38(44)41-31-17-9-11-19-34(31)46-35-20-12-10-18-32(35)41)45-29-23-21-28(22-24-29)39-37(43)30(25-26-13-5-3-6-14-26)40-36(42)27-15-7-4-8-16-27/h3-25,33H,2H2,1H3,(H,39,43)(H,40,42)/b30-25-. The maximum absolute atomic E-state index is 14.1. The second kappa shape index (κ2) is 14.4. The van der Waals surface area contributed by atoms with Crippen LogP contribution in [0.2, 0.25) is 0 Å². The molecule has 0 radical (unpaired) electrons. The van der Waals surface area contributed by atoms with Gasteiger partial charge in [-0.2, -0.15) is 0 Å². The van der Waals surface area contributed by atoms with Gasteiger partial charge in [-0.25, -0.2) is 0 Å². The van der Waals surface area contributed by atoms with Gasteiger partial charge in [0.25, 0.3) is 11.8 Å². The molecular formula is C38H31N3O3S2. The van der Waals surface area contributed by atoms with Crippen LogP contribution in [-0.4, -0.2) is 23.0 Å². The first-order valence-electron chi connectivity index (χ1n) is 14.9. The van der Waals surface area contributed by atoms with Crippen molar-refractivity contribution >= 4 is 64.4 Å². The number of nitrogens with zero attached hydrogens (tertiary/aromatic N) is 1. The topological polar surface area (TPSA) is 78.5 Å². The van der Waals surface area contributed by atoms with Crippen LogP contribution in [0.25, 0.3) is 6.08 Å². The zero-order valence-corrected chi connectivity index (χ0v) is 26.7. The Labute approximate surface area is 276 Å². The van der Waals surface area contributed by atoms with Crippen LogP contribution >= 0.6 is 23.5 Å². The lowest BCUT2D eigenvalue weighted by molar-refractivity contribution is -0.117. The summed E-state index contributed by atoms with van der Waals surface area (Å²) in [4.78, 5) is 45.3. The van der Waals surface area contributed by atoms with Gasteiger partial charge in [0.15, 0.2) is 0 Å². The number of amides is 3. The second-order valence-corrected chi connectivity index (χ2v) is 12.9. The van der Waals surface area contributed by atoms with Crippen molar-refractivity contribution in [3.63, 3.8) is 0 Å². The highest BCUT2D eigenvalue weighted by Gasteiger charge is 2.32. The van der Waals surface area contributed by atoms with Gasteiger partial charge in [-0.05, 0) is 78.7 Å². The summed E-state index contributed by atoms with van der Waals surface area (Å²) in [7, 11) is 0. The third-order valence-electron chi connectivity index (χ3n) is 7.33. The van der Waals surface area contributed by atoms with Gasteiger partial charge in [0, 0.05) is 25.9 Å². The molecule has 46 heavy (non-hydrogen) atoms. The van der Waals surface area contributed by atoms with Gasteiger partial charge >= 0.3 is 0 Å². The highest BCUT2D eigenvalue weighted by molar-refractivity contribution is 8.00. The number of rotatable bonds is 9. The van der Waals surface area contributed by atoms with Crippen molar-refractivity contribution in [2.24, 2.45) is 0 Å². The number of hydrogen-bond donors (Lipinski definition) is 2. The number of para-hydroxylation sites is 2. The van der Waals surface area contributed by atoms with Crippen LogP contribution < -0.4 is 15.5 Å². The van der Waals surface area contributed by atoms with Crippen LogP contribution in [0.3, 0.4) is 0 Å². The smallest absolute Gasteiger partial charge is 0.272 e. The molecule has 0 saturated heterocycles. The molecule has 1 aliphatic heterocycles. The van der Waals surface area contributed by atoms with Crippen LogP contribution in [0, 0.1) is 0 Å². The van der Waals surface area contributed by atoms with E-state index in [4.69, 9.17) is 0 Å².